The van der Waals surface area contributed by atoms with Gasteiger partial charge in [-0.05, 0) is 81.0 Å². The van der Waals surface area contributed by atoms with Gasteiger partial charge >= 0.3 is 0 Å². The first-order chi connectivity index (χ1) is 19.0. The van der Waals surface area contributed by atoms with E-state index in [4.69, 9.17) is 12.2 Å². The van der Waals surface area contributed by atoms with Crippen molar-refractivity contribution in [3.8, 4) is 0 Å². The minimum Gasteiger partial charge on any atom is -0.354 e. The predicted octanol–water partition coefficient (Wildman–Crippen LogP) is 8.42. The molecule has 4 aromatic rings. The number of hydrogen-bond acceptors (Lipinski definition) is 4. The van der Waals surface area contributed by atoms with Crippen LogP contribution in [-0.4, -0.2) is 29.9 Å². The van der Waals surface area contributed by atoms with Crippen molar-refractivity contribution in [3.63, 3.8) is 0 Å². The van der Waals surface area contributed by atoms with Crippen LogP contribution in [0.15, 0.2) is 97.1 Å². The SMILES string of the molecule is CCCCN1CN(c2ccccc2Nc2ccc(C)cc2)C(=S)N(c2ccccc2Nc2ccc(C)cc2)C1. The van der Waals surface area contributed by atoms with E-state index in [1.807, 2.05) is 0 Å². The second kappa shape index (κ2) is 12.3. The summed E-state index contributed by atoms with van der Waals surface area (Å²) in [5, 5.41) is 8.05. The summed E-state index contributed by atoms with van der Waals surface area (Å²) in [7, 11) is 0. The summed E-state index contributed by atoms with van der Waals surface area (Å²) in [5.74, 6) is 0. The molecule has 0 atom stereocenters. The lowest BCUT2D eigenvalue weighted by Crippen LogP contribution is -2.58. The van der Waals surface area contributed by atoms with Crippen molar-refractivity contribution in [1.82, 2.24) is 4.90 Å². The molecule has 5 rings (SSSR count). The Kier molecular flexibility index (Phi) is 8.45. The molecule has 0 unspecified atom stereocenters. The standard InChI is InChI=1S/C33H37N5S/c1-4-5-22-36-23-37(31-12-8-6-10-29(31)34-27-18-14-25(2)15-19-27)33(39)38(24-36)32-13-9-7-11-30(32)35-28-20-16-26(3)17-21-28/h6-21,34-35H,4-5,22-24H2,1-3H3. The third-order valence-electron chi connectivity index (χ3n) is 7.02. The summed E-state index contributed by atoms with van der Waals surface area (Å²) >= 11 is 6.23. The van der Waals surface area contributed by atoms with Gasteiger partial charge in [0, 0.05) is 17.9 Å². The molecule has 0 aromatic heterocycles. The molecule has 0 spiro atoms. The van der Waals surface area contributed by atoms with E-state index in [9.17, 15) is 0 Å². The van der Waals surface area contributed by atoms with Crippen molar-refractivity contribution in [2.24, 2.45) is 0 Å². The second-order valence-corrected chi connectivity index (χ2v) is 10.6. The van der Waals surface area contributed by atoms with Crippen molar-refractivity contribution < 1.29 is 0 Å². The van der Waals surface area contributed by atoms with Gasteiger partial charge in [0.1, 0.15) is 0 Å². The van der Waals surface area contributed by atoms with Crippen LogP contribution in [0, 0.1) is 13.8 Å². The highest BCUT2D eigenvalue weighted by molar-refractivity contribution is 7.80. The molecule has 0 saturated carbocycles. The van der Waals surface area contributed by atoms with Crippen LogP contribution in [0.4, 0.5) is 34.1 Å². The highest BCUT2D eigenvalue weighted by Crippen LogP contribution is 2.35. The summed E-state index contributed by atoms with van der Waals surface area (Å²) in [6.07, 6.45) is 2.29. The molecule has 0 aliphatic carbocycles. The average Bonchev–Trinajstić information content (AvgIpc) is 2.96. The van der Waals surface area contributed by atoms with E-state index in [0.717, 1.165) is 72.0 Å². The van der Waals surface area contributed by atoms with Crippen LogP contribution in [0.25, 0.3) is 0 Å². The lowest BCUT2D eigenvalue weighted by Gasteiger charge is -2.45. The van der Waals surface area contributed by atoms with Crippen LogP contribution in [0.1, 0.15) is 30.9 Å². The van der Waals surface area contributed by atoms with E-state index in [2.05, 4.69) is 143 Å². The molecule has 1 aliphatic rings. The molecule has 6 heteroatoms. The number of anilines is 6. The normalized spacial score (nSPS) is 14.0. The highest BCUT2D eigenvalue weighted by atomic mass is 32.1. The smallest absolute Gasteiger partial charge is 0.183 e. The van der Waals surface area contributed by atoms with E-state index < -0.39 is 0 Å². The van der Waals surface area contributed by atoms with Crippen molar-refractivity contribution in [2.45, 2.75) is 33.6 Å². The zero-order valence-electron chi connectivity index (χ0n) is 23.0. The highest BCUT2D eigenvalue weighted by Gasteiger charge is 2.31. The van der Waals surface area contributed by atoms with E-state index >= 15 is 0 Å². The molecule has 0 bridgehead atoms. The molecule has 1 aliphatic heterocycles. The Bertz CT molecular complexity index is 1300. The molecule has 4 aromatic carbocycles. The first-order valence-corrected chi connectivity index (χ1v) is 14.1. The van der Waals surface area contributed by atoms with Gasteiger partial charge in [0.15, 0.2) is 5.11 Å². The maximum atomic E-state index is 6.23. The minimum atomic E-state index is 0.746. The predicted molar refractivity (Wildman–Crippen MR) is 171 cm³/mol. The minimum absolute atomic E-state index is 0.746. The molecule has 1 fully saturated rings. The van der Waals surface area contributed by atoms with E-state index in [1.54, 1.807) is 0 Å². The topological polar surface area (TPSA) is 33.8 Å². The van der Waals surface area contributed by atoms with Gasteiger partial charge in [-0.1, -0.05) is 73.0 Å². The Morgan fingerprint density at radius 3 is 1.51 bits per heavy atom. The third-order valence-corrected chi connectivity index (χ3v) is 7.46. The maximum Gasteiger partial charge on any atom is 0.183 e. The fourth-order valence-electron chi connectivity index (χ4n) is 4.81. The lowest BCUT2D eigenvalue weighted by atomic mass is 10.2. The summed E-state index contributed by atoms with van der Waals surface area (Å²) in [5.41, 5.74) is 8.81. The zero-order chi connectivity index (χ0) is 27.2. The van der Waals surface area contributed by atoms with E-state index in [0.29, 0.717) is 0 Å². The quantitative estimate of drug-likeness (QED) is 0.209. The Morgan fingerprint density at radius 1 is 0.641 bits per heavy atom. The molecule has 200 valence electrons. The second-order valence-electron chi connectivity index (χ2n) is 10.2. The van der Waals surface area contributed by atoms with Gasteiger partial charge in [0.05, 0.1) is 36.1 Å². The number of benzene rings is 4. The van der Waals surface area contributed by atoms with Gasteiger partial charge in [0.25, 0.3) is 0 Å². The Morgan fingerprint density at radius 2 is 1.08 bits per heavy atom. The van der Waals surface area contributed by atoms with Crippen LogP contribution >= 0.6 is 12.2 Å². The molecule has 0 radical (unpaired) electrons. The molecule has 5 nitrogen and oxygen atoms in total. The van der Waals surface area contributed by atoms with Crippen LogP contribution in [-0.2, 0) is 0 Å². The van der Waals surface area contributed by atoms with Crippen molar-refractivity contribution in [3.05, 3.63) is 108 Å². The number of nitrogens with zero attached hydrogens (tertiary/aromatic N) is 3. The molecular formula is C33H37N5S. The van der Waals surface area contributed by atoms with Crippen molar-refractivity contribution >= 4 is 51.5 Å². The summed E-state index contributed by atoms with van der Waals surface area (Å²) < 4.78 is 0. The largest absolute Gasteiger partial charge is 0.354 e. The van der Waals surface area contributed by atoms with Crippen molar-refractivity contribution in [1.29, 1.82) is 0 Å². The van der Waals surface area contributed by atoms with Crippen LogP contribution in [0.3, 0.4) is 0 Å². The molecule has 1 saturated heterocycles. The Balaban J connectivity index is 1.49. The van der Waals surface area contributed by atoms with Crippen LogP contribution in [0.5, 0.6) is 0 Å². The zero-order valence-corrected chi connectivity index (χ0v) is 23.8. The summed E-state index contributed by atoms with van der Waals surface area (Å²) in [4.78, 5) is 6.99. The average molecular weight is 536 g/mol. The number of para-hydroxylation sites is 4. The molecule has 2 N–H and O–H groups in total. The number of rotatable bonds is 9. The number of aryl methyl sites for hydroxylation is 2. The molecule has 1 heterocycles. The fraction of sp³-hybridized carbons (Fsp3) is 0.242. The molecule has 39 heavy (non-hydrogen) atoms. The first kappa shape index (κ1) is 26.7. The van der Waals surface area contributed by atoms with Gasteiger partial charge in [0.2, 0.25) is 0 Å². The van der Waals surface area contributed by atoms with Gasteiger partial charge in [-0.15, -0.1) is 0 Å². The van der Waals surface area contributed by atoms with E-state index in [1.165, 1.54) is 11.1 Å². The van der Waals surface area contributed by atoms with Gasteiger partial charge in [-0.25, -0.2) is 0 Å². The van der Waals surface area contributed by atoms with Crippen LogP contribution < -0.4 is 20.4 Å². The number of thiocarbonyl (C=S) groups is 1. The summed E-state index contributed by atoms with van der Waals surface area (Å²) in [6.45, 7) is 8.95. The number of hydrogen-bond donors (Lipinski definition) is 2. The Hall–Kier alpha value is -3.87. The fourth-order valence-corrected chi connectivity index (χ4v) is 5.12. The van der Waals surface area contributed by atoms with Gasteiger partial charge in [-0.2, -0.15) is 0 Å². The third kappa shape index (κ3) is 6.41. The van der Waals surface area contributed by atoms with Crippen molar-refractivity contribution in [2.75, 3.05) is 40.3 Å². The summed E-state index contributed by atoms with van der Waals surface area (Å²) in [6, 6.07) is 33.8. The first-order valence-electron chi connectivity index (χ1n) is 13.7. The van der Waals surface area contributed by atoms with Gasteiger partial charge in [-0.3, -0.25) is 4.90 Å². The monoisotopic (exact) mass is 535 g/mol. The maximum absolute atomic E-state index is 6.23. The number of unbranched alkanes of at least 4 members (excludes halogenated alkanes) is 1. The van der Waals surface area contributed by atoms with Crippen LogP contribution in [0.2, 0.25) is 0 Å². The lowest BCUT2D eigenvalue weighted by molar-refractivity contribution is 0.273. The van der Waals surface area contributed by atoms with Gasteiger partial charge < -0.3 is 20.4 Å². The molecule has 0 amide bonds. The van der Waals surface area contributed by atoms with E-state index in [-0.39, 0.29) is 0 Å². The Labute approximate surface area is 238 Å². The number of nitrogens with one attached hydrogen (secondary N) is 2. The molecular weight excluding hydrogens is 498 g/mol.